The molecule has 6 atom stereocenters. The van der Waals surface area contributed by atoms with Gasteiger partial charge in [0.05, 0.1) is 12.3 Å². The van der Waals surface area contributed by atoms with E-state index in [9.17, 15) is 19.0 Å². The van der Waals surface area contributed by atoms with E-state index in [1.165, 1.54) is 10.8 Å². The number of phosphoric ester groups is 1. The molecule has 0 amide bonds. The molecule has 3 heterocycles. The summed E-state index contributed by atoms with van der Waals surface area (Å²) in [6.45, 7) is 13.3. The summed E-state index contributed by atoms with van der Waals surface area (Å²) in [4.78, 5) is 41.4. The van der Waals surface area contributed by atoms with Gasteiger partial charge in [-0.15, -0.1) is 0 Å². The van der Waals surface area contributed by atoms with E-state index in [1.54, 1.807) is 39.8 Å². The molecule has 1 saturated heterocycles. The van der Waals surface area contributed by atoms with Crippen molar-refractivity contribution in [3.05, 3.63) is 35.6 Å². The molecule has 2 unspecified atom stereocenters. The van der Waals surface area contributed by atoms with Gasteiger partial charge in [-0.1, -0.05) is 13.8 Å². The van der Waals surface area contributed by atoms with Crippen LogP contribution in [0.1, 0.15) is 52.3 Å². The summed E-state index contributed by atoms with van der Waals surface area (Å²) in [7, 11) is -4.86. The zero-order valence-corrected chi connectivity index (χ0v) is 24.7. The average molecular weight is 614 g/mol. The van der Waals surface area contributed by atoms with Crippen LogP contribution in [0.3, 0.4) is 0 Å². The molecular weight excluding hydrogens is 577 g/mol. The van der Waals surface area contributed by atoms with Crippen molar-refractivity contribution in [3.63, 3.8) is 0 Å². The Morgan fingerprint density at radius 2 is 1.88 bits per heavy atom. The van der Waals surface area contributed by atoms with Crippen molar-refractivity contribution in [1.82, 2.24) is 14.6 Å². The number of anilines is 1. The molecule has 3 rings (SSSR count). The van der Waals surface area contributed by atoms with Crippen LogP contribution < -0.4 is 5.73 Å². The largest absolute Gasteiger partial charge is 0.472 e. The molecule has 42 heavy (non-hydrogen) atoms. The van der Waals surface area contributed by atoms with E-state index < -0.39 is 69.7 Å². The van der Waals surface area contributed by atoms with Crippen molar-refractivity contribution >= 4 is 31.1 Å². The van der Waals surface area contributed by atoms with Crippen molar-refractivity contribution in [3.8, 4) is 0 Å². The normalized spacial score (nSPS) is 24.1. The molecule has 0 saturated carbocycles. The van der Waals surface area contributed by atoms with Gasteiger partial charge in [-0.05, 0) is 26.0 Å². The third kappa shape index (κ3) is 7.81. The zero-order chi connectivity index (χ0) is 30.9. The lowest BCUT2D eigenvalue weighted by atomic mass is 10.0. The van der Waals surface area contributed by atoms with E-state index >= 15 is 0 Å². The fourth-order valence-electron chi connectivity index (χ4n) is 4.26. The lowest BCUT2D eigenvalue weighted by Gasteiger charge is -2.25. The van der Waals surface area contributed by atoms with E-state index in [2.05, 4.69) is 14.9 Å². The number of nitrogen functional groups attached to an aromatic ring is 1. The number of rotatable bonds is 16. The van der Waals surface area contributed by atoms with Crippen LogP contribution in [0.5, 0.6) is 0 Å². The molecule has 0 bridgehead atoms. The third-order valence-electron chi connectivity index (χ3n) is 6.23. The van der Waals surface area contributed by atoms with Gasteiger partial charge in [0.2, 0.25) is 0 Å². The molecule has 2 aromatic heterocycles. The minimum Gasteiger partial charge on any atom is -0.462 e. The molecule has 2 aromatic rings. The van der Waals surface area contributed by atoms with Crippen LogP contribution in [-0.2, 0) is 46.9 Å². The quantitative estimate of drug-likeness (QED) is 0.159. The predicted molar refractivity (Wildman–Crippen MR) is 145 cm³/mol. The molecule has 16 nitrogen and oxygen atoms in total. The number of fused-ring (bicyclic) bond motifs is 1. The monoisotopic (exact) mass is 613 g/mol. The van der Waals surface area contributed by atoms with Crippen LogP contribution in [-0.4, -0.2) is 88.5 Å². The number of hydrogen-bond donors (Lipinski definition) is 2. The number of nitrogens with zero attached hydrogens (tertiary/aromatic N) is 4. The Morgan fingerprint density at radius 3 is 2.52 bits per heavy atom. The van der Waals surface area contributed by atoms with Gasteiger partial charge in [-0.25, -0.2) is 20.6 Å². The van der Waals surface area contributed by atoms with Gasteiger partial charge < -0.3 is 29.6 Å². The van der Waals surface area contributed by atoms with Crippen molar-refractivity contribution in [1.29, 1.82) is 0 Å². The van der Waals surface area contributed by atoms with Crippen LogP contribution in [0, 0.1) is 6.57 Å². The first kappa shape index (κ1) is 33.3. The second kappa shape index (κ2) is 14.8. The Balaban J connectivity index is 1.81. The van der Waals surface area contributed by atoms with Gasteiger partial charge in [0.15, 0.2) is 24.6 Å². The molecule has 1 fully saturated rings. The number of phosphoric acid groups is 1. The predicted octanol–water partition coefficient (Wildman–Crippen LogP) is 2.22. The van der Waals surface area contributed by atoms with Gasteiger partial charge in [-0.2, -0.15) is 5.10 Å². The lowest BCUT2D eigenvalue weighted by molar-refractivity contribution is -0.160. The maximum atomic E-state index is 12.9. The first-order chi connectivity index (χ1) is 20.0. The van der Waals surface area contributed by atoms with E-state index in [-0.39, 0.29) is 31.9 Å². The highest BCUT2D eigenvalue weighted by atomic mass is 31.2. The second-order valence-electron chi connectivity index (χ2n) is 9.03. The Hall–Kier alpha value is -3.16. The van der Waals surface area contributed by atoms with Crippen LogP contribution in [0.15, 0.2) is 18.5 Å². The van der Waals surface area contributed by atoms with Gasteiger partial charge in [-0.3, -0.25) is 28.2 Å². The Morgan fingerprint density at radius 1 is 1.17 bits per heavy atom. The number of nitrogens with two attached hydrogens (primary N) is 1. The van der Waals surface area contributed by atoms with Crippen molar-refractivity contribution in [2.45, 2.75) is 70.7 Å². The fourth-order valence-corrected chi connectivity index (χ4v) is 5.04. The molecular formula is C25H36N5O11P. The summed E-state index contributed by atoms with van der Waals surface area (Å²) < 4.78 is 52.9. The van der Waals surface area contributed by atoms with E-state index in [4.69, 9.17) is 45.0 Å². The van der Waals surface area contributed by atoms with Crippen molar-refractivity contribution in [2.24, 2.45) is 0 Å². The summed E-state index contributed by atoms with van der Waals surface area (Å²) in [5, 5.41) is 4.24. The minimum atomic E-state index is -4.86. The molecule has 1 aliphatic rings. The summed E-state index contributed by atoms with van der Waals surface area (Å²) in [6, 6.07) is 3.39. The lowest BCUT2D eigenvalue weighted by Crippen LogP contribution is -2.46. The highest BCUT2D eigenvalue weighted by Gasteiger charge is 2.64. The van der Waals surface area contributed by atoms with Gasteiger partial charge in [0.1, 0.15) is 30.7 Å². The Labute approximate surface area is 242 Å². The number of aromatic nitrogens is 3. The van der Waals surface area contributed by atoms with E-state index in [0.717, 1.165) is 0 Å². The maximum Gasteiger partial charge on any atom is 0.472 e. The molecule has 0 spiro atoms. The van der Waals surface area contributed by atoms with Crippen LogP contribution in [0.4, 0.5) is 5.82 Å². The summed E-state index contributed by atoms with van der Waals surface area (Å²) in [5.74, 6) is -0.957. The van der Waals surface area contributed by atoms with Crippen LogP contribution in [0.25, 0.3) is 10.4 Å². The first-order valence-corrected chi connectivity index (χ1v) is 14.9. The van der Waals surface area contributed by atoms with E-state index in [1.807, 2.05) is 0 Å². The number of esters is 2. The number of ether oxygens (including phenoxy) is 5. The van der Waals surface area contributed by atoms with Crippen molar-refractivity contribution in [2.75, 3.05) is 38.8 Å². The summed E-state index contributed by atoms with van der Waals surface area (Å²) >= 11 is 0. The van der Waals surface area contributed by atoms with Gasteiger partial charge >= 0.3 is 25.5 Å². The molecule has 0 aliphatic carbocycles. The molecule has 0 aromatic carbocycles. The second-order valence-corrected chi connectivity index (χ2v) is 10.5. The van der Waals surface area contributed by atoms with Crippen molar-refractivity contribution < 1.29 is 51.8 Å². The Kier molecular flexibility index (Phi) is 11.8. The molecule has 1 aliphatic heterocycles. The smallest absolute Gasteiger partial charge is 0.462 e. The molecule has 3 N–H and O–H groups in total. The zero-order valence-electron chi connectivity index (χ0n) is 23.8. The van der Waals surface area contributed by atoms with E-state index in [0.29, 0.717) is 11.2 Å². The summed E-state index contributed by atoms with van der Waals surface area (Å²) in [5.41, 5.74) is 5.03. The topological polar surface area (TPSA) is 197 Å². The highest BCUT2D eigenvalue weighted by molar-refractivity contribution is 7.47. The summed E-state index contributed by atoms with van der Waals surface area (Å²) in [6.07, 6.45) is -2.61. The molecule has 232 valence electrons. The van der Waals surface area contributed by atoms with Gasteiger partial charge in [0, 0.05) is 26.1 Å². The fraction of sp³-hybridized carbons (Fsp3) is 0.640. The number of hydrogen-bond acceptors (Lipinski definition) is 13. The molecule has 17 heteroatoms. The first-order valence-electron chi connectivity index (χ1n) is 13.4. The van der Waals surface area contributed by atoms with Crippen LogP contribution >= 0.6 is 7.82 Å². The number of carbonyl (C=O) groups excluding carboxylic acids is 2. The standard InChI is InChI=1S/C25H36N5O11P/c1-6-19(31)37-12-16(40-20(32)7-2)13-38-42(33,34)39-14-25(27-5)23(36-9-4)22(35-8-3)21(41-25)17-10-11-18-24(26)28-15-29-30(17)18/h10-11,15-16,21-23H,6-9,12-14H2,1-4H3,(H,33,34)(H2,26,28,29)/t16?,21-,22-,23-,25+/m0/s1. The molecule has 0 radical (unpaired) electrons. The highest BCUT2D eigenvalue weighted by Crippen LogP contribution is 2.49. The minimum absolute atomic E-state index is 0.0208. The average Bonchev–Trinajstić information content (AvgIpc) is 3.54. The van der Waals surface area contributed by atoms with Gasteiger partial charge in [0.25, 0.3) is 0 Å². The van der Waals surface area contributed by atoms with Crippen LogP contribution in [0.2, 0.25) is 0 Å². The number of carbonyl (C=O) groups is 2. The third-order valence-corrected chi connectivity index (χ3v) is 7.16. The SMILES string of the molecule is [C-]#[N+][C@]1(COP(=O)(O)OCC(COC(=O)CC)OC(=O)CC)O[C@@H](c2ccc3c(N)ncnn23)[C@H](OCC)[C@@H]1OCC. The maximum absolute atomic E-state index is 12.9. The Bertz CT molecular complexity index is 1320.